The van der Waals surface area contributed by atoms with Gasteiger partial charge in [0.1, 0.15) is 6.33 Å². The van der Waals surface area contributed by atoms with Crippen molar-refractivity contribution in [1.82, 2.24) is 9.97 Å². The van der Waals surface area contributed by atoms with Crippen LogP contribution in [0.15, 0.2) is 104 Å². The molecule has 6 rings (SSSR count). The van der Waals surface area contributed by atoms with Crippen LogP contribution in [0.5, 0.6) is 11.5 Å². The Labute approximate surface area is 174 Å². The maximum Gasteiger partial charge on any atom is 0.151 e. The van der Waals surface area contributed by atoms with Gasteiger partial charge in [-0.1, -0.05) is 54.6 Å². The summed E-state index contributed by atoms with van der Waals surface area (Å²) in [6.45, 7) is 0. The second kappa shape index (κ2) is 6.71. The van der Waals surface area contributed by atoms with Gasteiger partial charge >= 0.3 is 0 Å². The van der Waals surface area contributed by atoms with Crippen LogP contribution in [0.25, 0.3) is 22.0 Å². The minimum atomic E-state index is 0.834. The summed E-state index contributed by atoms with van der Waals surface area (Å²) in [5.41, 5.74) is 6.18. The lowest BCUT2D eigenvalue weighted by molar-refractivity contribution is 0.477. The molecule has 0 bridgehead atoms. The van der Waals surface area contributed by atoms with Gasteiger partial charge in [0, 0.05) is 17.3 Å². The number of anilines is 3. The van der Waals surface area contributed by atoms with Crippen LogP contribution in [-0.2, 0) is 0 Å². The molecule has 4 nitrogen and oxygen atoms in total. The molecule has 0 saturated carbocycles. The second-order valence-corrected chi connectivity index (χ2v) is 7.19. The molecular formula is C26H17N3O. The van der Waals surface area contributed by atoms with Crippen molar-refractivity contribution in [2.45, 2.75) is 0 Å². The fourth-order valence-electron chi connectivity index (χ4n) is 4.04. The Morgan fingerprint density at radius 2 is 1.37 bits per heavy atom. The Morgan fingerprint density at radius 3 is 2.10 bits per heavy atom. The van der Waals surface area contributed by atoms with Gasteiger partial charge in [-0.2, -0.15) is 0 Å². The lowest BCUT2D eigenvalue weighted by atomic mass is 9.99. The van der Waals surface area contributed by atoms with Crippen LogP contribution >= 0.6 is 0 Å². The quantitative estimate of drug-likeness (QED) is 0.325. The number of hydrogen-bond donors (Lipinski definition) is 0. The maximum absolute atomic E-state index is 6.16. The van der Waals surface area contributed by atoms with Crippen LogP contribution in [0, 0.1) is 0 Å². The molecule has 0 spiro atoms. The molecule has 1 aliphatic heterocycles. The summed E-state index contributed by atoms with van der Waals surface area (Å²) in [4.78, 5) is 11.1. The first-order valence-electron chi connectivity index (χ1n) is 9.84. The van der Waals surface area contributed by atoms with Crippen molar-refractivity contribution in [2.75, 3.05) is 4.90 Å². The predicted molar refractivity (Wildman–Crippen MR) is 120 cm³/mol. The summed E-state index contributed by atoms with van der Waals surface area (Å²) in [5.74, 6) is 1.67. The third-order valence-corrected chi connectivity index (χ3v) is 5.39. The second-order valence-electron chi connectivity index (χ2n) is 7.19. The summed E-state index contributed by atoms with van der Waals surface area (Å²) < 4.78 is 6.16. The third kappa shape index (κ3) is 2.62. The van der Waals surface area contributed by atoms with Gasteiger partial charge in [-0.15, -0.1) is 0 Å². The Bertz CT molecular complexity index is 1340. The smallest absolute Gasteiger partial charge is 0.151 e. The minimum Gasteiger partial charge on any atom is -0.453 e. The van der Waals surface area contributed by atoms with Gasteiger partial charge in [-0.25, -0.2) is 9.97 Å². The molecule has 1 aliphatic rings. The molecule has 0 atom stereocenters. The maximum atomic E-state index is 6.16. The van der Waals surface area contributed by atoms with Crippen molar-refractivity contribution in [3.05, 3.63) is 104 Å². The summed E-state index contributed by atoms with van der Waals surface area (Å²) in [6.07, 6.45) is 3.48. The van der Waals surface area contributed by atoms with Crippen molar-refractivity contribution in [3.8, 4) is 22.6 Å². The van der Waals surface area contributed by atoms with Crippen LogP contribution in [0.3, 0.4) is 0 Å². The zero-order chi connectivity index (χ0) is 19.9. The van der Waals surface area contributed by atoms with Crippen molar-refractivity contribution < 1.29 is 4.74 Å². The van der Waals surface area contributed by atoms with Crippen LogP contribution in [0.2, 0.25) is 0 Å². The van der Waals surface area contributed by atoms with Gasteiger partial charge in [0.15, 0.2) is 11.5 Å². The molecule has 0 N–H and O–H groups in total. The molecule has 142 valence electrons. The standard InChI is InChI=1S/C26H17N3O/c1-2-8-18(9-3-1)20-14-19(15-22-21(20)16-27-17-28-22)29-23-10-4-6-12-25(23)30-26-13-7-5-11-24(26)29/h1-17H. The molecular weight excluding hydrogens is 370 g/mol. The van der Waals surface area contributed by atoms with Gasteiger partial charge in [-0.05, 0) is 47.5 Å². The third-order valence-electron chi connectivity index (χ3n) is 5.39. The lowest BCUT2D eigenvalue weighted by Crippen LogP contribution is -2.15. The predicted octanol–water partition coefficient (Wildman–Crippen LogP) is 6.87. The Morgan fingerprint density at radius 1 is 0.700 bits per heavy atom. The van der Waals surface area contributed by atoms with Gasteiger partial charge in [0.2, 0.25) is 0 Å². The van der Waals surface area contributed by atoms with E-state index in [2.05, 4.69) is 63.4 Å². The van der Waals surface area contributed by atoms with E-state index in [1.807, 2.05) is 48.7 Å². The highest BCUT2D eigenvalue weighted by Gasteiger charge is 2.26. The topological polar surface area (TPSA) is 38.2 Å². The van der Waals surface area contributed by atoms with Crippen LogP contribution in [0.1, 0.15) is 0 Å². The first-order valence-corrected chi connectivity index (χ1v) is 9.84. The molecule has 0 aliphatic carbocycles. The van der Waals surface area contributed by atoms with Crippen molar-refractivity contribution in [1.29, 1.82) is 0 Å². The average molecular weight is 387 g/mol. The van der Waals surface area contributed by atoms with Gasteiger partial charge in [-0.3, -0.25) is 0 Å². The molecule has 5 aromatic rings. The number of benzene rings is 4. The summed E-state index contributed by atoms with van der Waals surface area (Å²) in [6, 6.07) is 30.9. The van der Waals surface area contributed by atoms with E-state index in [9.17, 15) is 0 Å². The number of ether oxygens (including phenoxy) is 1. The summed E-state index contributed by atoms with van der Waals surface area (Å²) in [5, 5.41) is 1.03. The largest absolute Gasteiger partial charge is 0.453 e. The van der Waals surface area contributed by atoms with E-state index in [1.54, 1.807) is 6.33 Å². The van der Waals surface area contributed by atoms with E-state index in [-0.39, 0.29) is 0 Å². The highest BCUT2D eigenvalue weighted by molar-refractivity contribution is 5.99. The molecule has 0 fully saturated rings. The molecule has 0 saturated heterocycles. The van der Waals surface area contributed by atoms with Crippen molar-refractivity contribution in [2.24, 2.45) is 0 Å². The lowest BCUT2D eigenvalue weighted by Gasteiger charge is -2.33. The van der Waals surface area contributed by atoms with E-state index in [0.29, 0.717) is 0 Å². The van der Waals surface area contributed by atoms with Gasteiger partial charge in [0.25, 0.3) is 0 Å². The number of hydrogen-bond acceptors (Lipinski definition) is 4. The van der Waals surface area contributed by atoms with Crippen LogP contribution in [-0.4, -0.2) is 9.97 Å². The number of fused-ring (bicyclic) bond motifs is 3. The first kappa shape index (κ1) is 16.7. The summed E-state index contributed by atoms with van der Waals surface area (Å²) in [7, 11) is 0. The molecule has 0 amide bonds. The minimum absolute atomic E-state index is 0.834. The average Bonchev–Trinajstić information content (AvgIpc) is 2.82. The van der Waals surface area contributed by atoms with E-state index in [1.165, 1.54) is 0 Å². The normalized spacial score (nSPS) is 12.2. The fourth-order valence-corrected chi connectivity index (χ4v) is 4.04. The molecule has 4 heteroatoms. The van der Waals surface area contributed by atoms with Crippen LogP contribution in [0.4, 0.5) is 17.1 Å². The SMILES string of the molecule is c1ccc(-c2cc(N3c4ccccc4Oc4ccccc43)cc3ncncc23)cc1. The van der Waals surface area contributed by atoms with Crippen LogP contribution < -0.4 is 9.64 Å². The monoisotopic (exact) mass is 387 g/mol. The van der Waals surface area contributed by atoms with Gasteiger partial charge < -0.3 is 9.64 Å². The van der Waals surface area contributed by atoms with Gasteiger partial charge in [0.05, 0.1) is 16.9 Å². The number of para-hydroxylation sites is 4. The molecule has 0 unspecified atom stereocenters. The summed E-state index contributed by atoms with van der Waals surface area (Å²) >= 11 is 0. The zero-order valence-corrected chi connectivity index (χ0v) is 16.1. The number of rotatable bonds is 2. The zero-order valence-electron chi connectivity index (χ0n) is 16.1. The molecule has 2 heterocycles. The molecule has 1 aromatic heterocycles. The van der Waals surface area contributed by atoms with Crippen molar-refractivity contribution in [3.63, 3.8) is 0 Å². The number of nitrogens with zero attached hydrogens (tertiary/aromatic N) is 3. The highest BCUT2D eigenvalue weighted by atomic mass is 16.5. The Kier molecular flexibility index (Phi) is 3.74. The Balaban J connectivity index is 1.65. The highest BCUT2D eigenvalue weighted by Crippen LogP contribution is 2.51. The van der Waals surface area contributed by atoms with E-state index in [4.69, 9.17) is 4.74 Å². The Hall–Kier alpha value is -4.18. The van der Waals surface area contributed by atoms with E-state index < -0.39 is 0 Å². The van der Waals surface area contributed by atoms with Crippen molar-refractivity contribution >= 4 is 28.0 Å². The molecule has 30 heavy (non-hydrogen) atoms. The van der Waals surface area contributed by atoms with E-state index >= 15 is 0 Å². The molecule has 0 radical (unpaired) electrons. The number of aromatic nitrogens is 2. The first-order chi connectivity index (χ1) is 14.9. The molecule has 4 aromatic carbocycles. The fraction of sp³-hybridized carbons (Fsp3) is 0. The van der Waals surface area contributed by atoms with E-state index in [0.717, 1.165) is 50.6 Å².